The van der Waals surface area contributed by atoms with Gasteiger partial charge >= 0.3 is 0 Å². The molecular weight excluding hydrogens is 378 g/mol. The number of amides is 1. The second kappa shape index (κ2) is 8.06. The molecule has 0 bridgehead atoms. The van der Waals surface area contributed by atoms with Gasteiger partial charge in [-0.3, -0.25) is 9.78 Å². The number of pyridine rings is 1. The first kappa shape index (κ1) is 17.9. The summed E-state index contributed by atoms with van der Waals surface area (Å²) < 4.78 is 7.09. The van der Waals surface area contributed by atoms with E-state index in [1.165, 1.54) is 0 Å². The first-order valence-electron chi connectivity index (χ1n) is 8.61. The molecule has 0 aliphatic carbocycles. The van der Waals surface area contributed by atoms with Gasteiger partial charge in [-0.1, -0.05) is 22.8 Å². The first-order valence-corrected chi connectivity index (χ1v) is 8.98. The molecular formula is C20H16ClN5O2. The second-order valence-electron chi connectivity index (χ2n) is 6.05. The zero-order valence-corrected chi connectivity index (χ0v) is 15.5. The lowest BCUT2D eigenvalue weighted by molar-refractivity contribution is 0.0941. The van der Waals surface area contributed by atoms with E-state index in [2.05, 4.69) is 20.4 Å². The van der Waals surface area contributed by atoms with Gasteiger partial charge in [0.1, 0.15) is 5.69 Å². The van der Waals surface area contributed by atoms with Crippen molar-refractivity contribution in [1.29, 1.82) is 0 Å². The lowest BCUT2D eigenvalue weighted by atomic mass is 10.2. The van der Waals surface area contributed by atoms with Crippen molar-refractivity contribution in [1.82, 2.24) is 25.0 Å². The van der Waals surface area contributed by atoms with Crippen LogP contribution in [-0.2, 0) is 13.1 Å². The molecule has 0 aliphatic rings. The number of rotatable bonds is 6. The Labute approximate surface area is 166 Å². The summed E-state index contributed by atoms with van der Waals surface area (Å²) in [6.45, 7) is 0.671. The Morgan fingerprint density at radius 1 is 1.11 bits per heavy atom. The van der Waals surface area contributed by atoms with Crippen molar-refractivity contribution in [3.63, 3.8) is 0 Å². The molecule has 1 N–H and O–H groups in total. The van der Waals surface area contributed by atoms with Crippen molar-refractivity contribution in [2.45, 2.75) is 13.1 Å². The van der Waals surface area contributed by atoms with Gasteiger partial charge in [-0.25, -0.2) is 0 Å². The van der Waals surface area contributed by atoms with E-state index in [4.69, 9.17) is 16.1 Å². The number of hydrogen-bond donors (Lipinski definition) is 1. The summed E-state index contributed by atoms with van der Waals surface area (Å²) in [5.41, 5.74) is 2.08. The summed E-state index contributed by atoms with van der Waals surface area (Å²) in [7, 11) is 0. The third-order valence-corrected chi connectivity index (χ3v) is 4.34. The van der Waals surface area contributed by atoms with Gasteiger partial charge < -0.3 is 14.4 Å². The van der Waals surface area contributed by atoms with E-state index in [9.17, 15) is 4.79 Å². The largest absolute Gasteiger partial charge is 0.345 e. The highest BCUT2D eigenvalue weighted by Gasteiger charge is 2.14. The standard InChI is InChI=1S/C20H16ClN5O2/c21-15-8-6-14(7-9-15)20-24-18(25-28-20)13-26-11-3-5-17(26)19(27)23-12-16-4-1-2-10-22-16/h1-11H,12-13H2,(H,23,27). The average molecular weight is 394 g/mol. The molecule has 4 rings (SSSR count). The summed E-state index contributed by atoms with van der Waals surface area (Å²) in [5.74, 6) is 0.678. The number of carbonyl (C=O) groups is 1. The highest BCUT2D eigenvalue weighted by molar-refractivity contribution is 6.30. The Kier molecular flexibility index (Phi) is 5.16. The molecule has 0 radical (unpaired) electrons. The molecule has 0 fully saturated rings. The number of nitrogens with one attached hydrogen (secondary N) is 1. The number of carbonyl (C=O) groups excluding carboxylic acids is 1. The van der Waals surface area contributed by atoms with Gasteiger partial charge in [0.05, 0.1) is 18.8 Å². The van der Waals surface area contributed by atoms with Crippen molar-refractivity contribution in [3.05, 3.63) is 89.2 Å². The molecule has 1 amide bonds. The van der Waals surface area contributed by atoms with Crippen LogP contribution in [0.15, 0.2) is 71.5 Å². The van der Waals surface area contributed by atoms with Crippen LogP contribution in [0.3, 0.4) is 0 Å². The van der Waals surface area contributed by atoms with Crippen LogP contribution in [0.4, 0.5) is 0 Å². The summed E-state index contributed by atoms with van der Waals surface area (Å²) in [6.07, 6.45) is 3.49. The molecule has 7 nitrogen and oxygen atoms in total. The number of halogens is 1. The van der Waals surface area contributed by atoms with E-state index in [-0.39, 0.29) is 5.91 Å². The lowest BCUT2D eigenvalue weighted by Gasteiger charge is -2.08. The molecule has 1 aromatic carbocycles. The fourth-order valence-corrected chi connectivity index (χ4v) is 2.83. The highest BCUT2D eigenvalue weighted by Crippen LogP contribution is 2.20. The van der Waals surface area contributed by atoms with Crippen LogP contribution in [0.2, 0.25) is 5.02 Å². The first-order chi connectivity index (χ1) is 13.7. The zero-order valence-electron chi connectivity index (χ0n) is 14.7. The van der Waals surface area contributed by atoms with Gasteiger partial charge in [0.2, 0.25) is 0 Å². The molecule has 140 valence electrons. The van der Waals surface area contributed by atoms with Crippen molar-refractivity contribution in [3.8, 4) is 11.5 Å². The molecule has 3 heterocycles. The van der Waals surface area contributed by atoms with Crippen LogP contribution in [0.5, 0.6) is 0 Å². The van der Waals surface area contributed by atoms with Crippen molar-refractivity contribution in [2.24, 2.45) is 0 Å². The van der Waals surface area contributed by atoms with E-state index >= 15 is 0 Å². The Morgan fingerprint density at radius 3 is 2.75 bits per heavy atom. The Hall–Kier alpha value is -3.45. The molecule has 28 heavy (non-hydrogen) atoms. The average Bonchev–Trinajstić information content (AvgIpc) is 3.38. The predicted octanol–water partition coefficient (Wildman–Crippen LogP) is 3.56. The zero-order chi connectivity index (χ0) is 19.3. The predicted molar refractivity (Wildman–Crippen MR) is 104 cm³/mol. The number of aromatic nitrogens is 4. The minimum Gasteiger partial charge on any atom is -0.345 e. The van der Waals surface area contributed by atoms with Crippen molar-refractivity contribution >= 4 is 17.5 Å². The second-order valence-corrected chi connectivity index (χ2v) is 6.48. The molecule has 0 aliphatic heterocycles. The third-order valence-electron chi connectivity index (χ3n) is 4.09. The van der Waals surface area contributed by atoms with E-state index < -0.39 is 0 Å². The molecule has 8 heteroatoms. The Morgan fingerprint density at radius 2 is 1.96 bits per heavy atom. The molecule has 3 aromatic heterocycles. The lowest BCUT2D eigenvalue weighted by Crippen LogP contribution is -2.26. The molecule has 0 atom stereocenters. The van der Waals surface area contributed by atoms with Gasteiger partial charge in [0.15, 0.2) is 5.82 Å². The van der Waals surface area contributed by atoms with Gasteiger partial charge in [0, 0.05) is 23.0 Å². The van der Waals surface area contributed by atoms with E-state index in [0.29, 0.717) is 35.5 Å². The van der Waals surface area contributed by atoms with Gasteiger partial charge in [-0.15, -0.1) is 0 Å². The molecule has 0 saturated heterocycles. The minimum absolute atomic E-state index is 0.197. The van der Waals surface area contributed by atoms with Crippen LogP contribution in [0.25, 0.3) is 11.5 Å². The molecule has 0 spiro atoms. The fourth-order valence-electron chi connectivity index (χ4n) is 2.70. The quantitative estimate of drug-likeness (QED) is 0.541. The monoisotopic (exact) mass is 393 g/mol. The van der Waals surface area contributed by atoms with Gasteiger partial charge in [-0.05, 0) is 48.5 Å². The smallest absolute Gasteiger partial charge is 0.268 e. The number of nitrogens with zero attached hydrogens (tertiary/aromatic N) is 4. The molecule has 0 saturated carbocycles. The van der Waals surface area contributed by atoms with Crippen LogP contribution >= 0.6 is 11.6 Å². The maximum absolute atomic E-state index is 12.5. The van der Waals surface area contributed by atoms with E-state index in [1.807, 2.05) is 30.3 Å². The van der Waals surface area contributed by atoms with Crippen LogP contribution in [0, 0.1) is 0 Å². The van der Waals surface area contributed by atoms with Crippen LogP contribution in [-0.4, -0.2) is 25.6 Å². The minimum atomic E-state index is -0.197. The van der Waals surface area contributed by atoms with Crippen LogP contribution < -0.4 is 5.32 Å². The summed E-state index contributed by atoms with van der Waals surface area (Å²) in [4.78, 5) is 21.1. The topological polar surface area (TPSA) is 85.8 Å². The Balaban J connectivity index is 1.44. The Bertz CT molecular complexity index is 1070. The molecule has 0 unspecified atom stereocenters. The maximum atomic E-state index is 12.5. The summed E-state index contributed by atoms with van der Waals surface area (Å²) in [6, 6.07) is 16.3. The number of benzene rings is 1. The summed E-state index contributed by atoms with van der Waals surface area (Å²) >= 11 is 5.90. The third kappa shape index (κ3) is 4.10. The van der Waals surface area contributed by atoms with Gasteiger partial charge in [0.25, 0.3) is 11.8 Å². The van der Waals surface area contributed by atoms with E-state index in [1.54, 1.807) is 41.2 Å². The van der Waals surface area contributed by atoms with Crippen molar-refractivity contribution < 1.29 is 9.32 Å². The van der Waals surface area contributed by atoms with Crippen LogP contribution in [0.1, 0.15) is 22.0 Å². The molecule has 4 aromatic rings. The van der Waals surface area contributed by atoms with E-state index in [0.717, 1.165) is 11.3 Å². The fraction of sp³-hybridized carbons (Fsp3) is 0.100. The summed E-state index contributed by atoms with van der Waals surface area (Å²) in [5, 5.41) is 7.50. The SMILES string of the molecule is O=C(NCc1ccccn1)c1cccn1Cc1noc(-c2ccc(Cl)cc2)n1. The number of hydrogen-bond acceptors (Lipinski definition) is 5. The maximum Gasteiger partial charge on any atom is 0.268 e. The highest BCUT2D eigenvalue weighted by atomic mass is 35.5. The normalized spacial score (nSPS) is 10.8. The van der Waals surface area contributed by atoms with Crippen molar-refractivity contribution in [2.75, 3.05) is 0 Å². The van der Waals surface area contributed by atoms with Gasteiger partial charge in [-0.2, -0.15) is 4.98 Å².